The lowest BCUT2D eigenvalue weighted by Crippen LogP contribution is -2.18. The number of benzene rings is 1. The standard InChI is InChI=1S/C15H11F3N6O3S2/c16-15(17,18)27-9-3-1-8(2-4-9)24-14(21-22-23-24)29-7-11(25)20-13-10(12(19)26)5-6-28-13/h1-6H,7H2,(H2,19,26)(H,20,25). The van der Waals surface area contributed by atoms with Crippen LogP contribution in [0.5, 0.6) is 5.75 Å². The number of carbonyl (C=O) groups is 2. The third-order valence-corrected chi connectivity index (χ3v) is 5.02. The number of carbonyl (C=O) groups excluding carboxylic acids is 2. The maximum atomic E-state index is 12.2. The number of thioether (sulfide) groups is 1. The third kappa shape index (κ3) is 5.45. The minimum absolute atomic E-state index is 0.0776. The Morgan fingerprint density at radius 3 is 2.62 bits per heavy atom. The van der Waals surface area contributed by atoms with E-state index in [1.54, 1.807) is 5.38 Å². The molecule has 1 aromatic carbocycles. The SMILES string of the molecule is NC(=O)c1ccsc1NC(=O)CSc1nnnn1-c1ccc(OC(F)(F)F)cc1. The molecule has 0 unspecified atom stereocenters. The van der Waals surface area contributed by atoms with Gasteiger partial charge in [0.15, 0.2) is 0 Å². The van der Waals surface area contributed by atoms with Crippen LogP contribution in [0, 0.1) is 0 Å². The molecule has 0 saturated heterocycles. The van der Waals surface area contributed by atoms with Gasteiger partial charge in [-0.3, -0.25) is 9.59 Å². The number of alkyl halides is 3. The van der Waals surface area contributed by atoms with Gasteiger partial charge in [-0.25, -0.2) is 0 Å². The van der Waals surface area contributed by atoms with Crippen molar-refractivity contribution in [3.05, 3.63) is 41.3 Å². The third-order valence-electron chi connectivity index (χ3n) is 3.27. The molecule has 3 aromatic rings. The van der Waals surface area contributed by atoms with E-state index >= 15 is 0 Å². The first kappa shape index (κ1) is 20.6. The zero-order chi connectivity index (χ0) is 21.0. The highest BCUT2D eigenvalue weighted by Gasteiger charge is 2.31. The van der Waals surface area contributed by atoms with E-state index in [9.17, 15) is 22.8 Å². The molecule has 2 aromatic heterocycles. The zero-order valence-electron chi connectivity index (χ0n) is 14.2. The number of aromatic nitrogens is 4. The molecule has 9 nitrogen and oxygen atoms in total. The zero-order valence-corrected chi connectivity index (χ0v) is 15.8. The lowest BCUT2D eigenvalue weighted by molar-refractivity contribution is -0.274. The molecule has 29 heavy (non-hydrogen) atoms. The number of nitrogens with one attached hydrogen (secondary N) is 1. The van der Waals surface area contributed by atoms with Crippen molar-refractivity contribution in [3.8, 4) is 11.4 Å². The van der Waals surface area contributed by atoms with Crippen molar-refractivity contribution in [2.45, 2.75) is 11.5 Å². The summed E-state index contributed by atoms with van der Waals surface area (Å²) in [5, 5.41) is 15.8. The molecule has 0 fully saturated rings. The summed E-state index contributed by atoms with van der Waals surface area (Å²) in [6, 6.07) is 6.42. The molecule has 2 heterocycles. The smallest absolute Gasteiger partial charge is 0.406 e. The number of nitrogens with two attached hydrogens (primary N) is 1. The van der Waals surface area contributed by atoms with E-state index in [0.29, 0.717) is 10.7 Å². The van der Waals surface area contributed by atoms with Crippen molar-refractivity contribution in [2.24, 2.45) is 5.73 Å². The molecule has 3 N–H and O–H groups in total. The maximum absolute atomic E-state index is 12.2. The summed E-state index contributed by atoms with van der Waals surface area (Å²) in [6.45, 7) is 0. The van der Waals surface area contributed by atoms with Crippen molar-refractivity contribution in [1.82, 2.24) is 20.2 Å². The van der Waals surface area contributed by atoms with Crippen LogP contribution >= 0.6 is 23.1 Å². The Labute approximate surface area is 169 Å². The first-order valence-electron chi connectivity index (χ1n) is 7.67. The highest BCUT2D eigenvalue weighted by Crippen LogP contribution is 2.26. The summed E-state index contributed by atoms with van der Waals surface area (Å²) >= 11 is 2.15. The van der Waals surface area contributed by atoms with Gasteiger partial charge in [0.1, 0.15) is 10.8 Å². The van der Waals surface area contributed by atoms with E-state index in [-0.39, 0.29) is 22.2 Å². The number of nitrogens with zero attached hydrogens (tertiary/aromatic N) is 4. The molecule has 0 bridgehead atoms. The van der Waals surface area contributed by atoms with Gasteiger partial charge in [0.2, 0.25) is 11.1 Å². The monoisotopic (exact) mass is 444 g/mol. The van der Waals surface area contributed by atoms with Crippen molar-refractivity contribution in [3.63, 3.8) is 0 Å². The van der Waals surface area contributed by atoms with Gasteiger partial charge in [-0.1, -0.05) is 11.8 Å². The Hall–Kier alpha value is -3.13. The Morgan fingerprint density at radius 1 is 1.24 bits per heavy atom. The minimum Gasteiger partial charge on any atom is -0.406 e. The van der Waals surface area contributed by atoms with Crippen LogP contribution < -0.4 is 15.8 Å². The minimum atomic E-state index is -4.79. The largest absolute Gasteiger partial charge is 0.573 e. The topological polar surface area (TPSA) is 125 Å². The number of primary amides is 1. The van der Waals surface area contributed by atoms with E-state index in [4.69, 9.17) is 5.73 Å². The van der Waals surface area contributed by atoms with Crippen molar-refractivity contribution in [1.29, 1.82) is 0 Å². The van der Waals surface area contributed by atoms with Crippen LogP contribution in [0.2, 0.25) is 0 Å². The number of halogens is 3. The fourth-order valence-electron chi connectivity index (χ4n) is 2.11. The van der Waals surface area contributed by atoms with Gasteiger partial charge in [-0.05, 0) is 46.1 Å². The summed E-state index contributed by atoms with van der Waals surface area (Å²) in [7, 11) is 0. The number of hydrogen-bond acceptors (Lipinski definition) is 8. The quantitative estimate of drug-likeness (QED) is 0.536. The van der Waals surface area contributed by atoms with Crippen LogP contribution in [-0.4, -0.2) is 44.1 Å². The lowest BCUT2D eigenvalue weighted by atomic mass is 10.3. The fourth-order valence-corrected chi connectivity index (χ4v) is 3.61. The van der Waals surface area contributed by atoms with Gasteiger partial charge in [-0.15, -0.1) is 29.6 Å². The van der Waals surface area contributed by atoms with Gasteiger partial charge in [0, 0.05) is 0 Å². The highest BCUT2D eigenvalue weighted by molar-refractivity contribution is 7.99. The Kier molecular flexibility index (Phi) is 6.03. The molecule has 3 rings (SSSR count). The average Bonchev–Trinajstić information content (AvgIpc) is 3.28. The summed E-state index contributed by atoms with van der Waals surface area (Å²) in [6.07, 6.45) is -4.79. The van der Waals surface area contributed by atoms with E-state index in [1.165, 1.54) is 22.9 Å². The maximum Gasteiger partial charge on any atom is 0.573 e. The number of rotatable bonds is 7. The molecule has 14 heteroatoms. The van der Waals surface area contributed by atoms with Gasteiger partial charge < -0.3 is 15.8 Å². The normalized spacial score (nSPS) is 11.3. The predicted octanol–water partition coefficient (Wildman–Crippen LogP) is 2.45. The van der Waals surface area contributed by atoms with E-state index in [2.05, 4.69) is 25.6 Å². The molecule has 0 aliphatic carbocycles. The van der Waals surface area contributed by atoms with Crippen molar-refractivity contribution in [2.75, 3.05) is 11.1 Å². The Balaban J connectivity index is 1.64. The summed E-state index contributed by atoms with van der Waals surface area (Å²) in [5.74, 6) is -1.53. The Morgan fingerprint density at radius 2 is 1.97 bits per heavy atom. The molecule has 152 valence electrons. The number of ether oxygens (including phenoxy) is 1. The number of thiophene rings is 1. The summed E-state index contributed by atoms with van der Waals surface area (Å²) in [5.41, 5.74) is 5.81. The molecule has 0 spiro atoms. The van der Waals surface area contributed by atoms with Crippen LogP contribution in [0.4, 0.5) is 18.2 Å². The first-order valence-corrected chi connectivity index (χ1v) is 9.54. The molecule has 0 atom stereocenters. The molecule has 0 saturated carbocycles. The second-order valence-corrected chi connectivity index (χ2v) is 7.14. The number of hydrogen-bond donors (Lipinski definition) is 2. The molecular weight excluding hydrogens is 433 g/mol. The predicted molar refractivity (Wildman–Crippen MR) is 98.0 cm³/mol. The van der Waals surface area contributed by atoms with Crippen LogP contribution in [-0.2, 0) is 4.79 Å². The van der Waals surface area contributed by atoms with Crippen LogP contribution in [0.25, 0.3) is 5.69 Å². The molecule has 0 aliphatic heterocycles. The molecule has 0 radical (unpaired) electrons. The molecule has 2 amide bonds. The average molecular weight is 444 g/mol. The second-order valence-electron chi connectivity index (χ2n) is 5.28. The van der Waals surface area contributed by atoms with Gasteiger partial charge >= 0.3 is 6.36 Å². The number of amides is 2. The summed E-state index contributed by atoms with van der Waals surface area (Å²) < 4.78 is 41.8. The molecular formula is C15H11F3N6O3S2. The van der Waals surface area contributed by atoms with E-state index < -0.39 is 18.2 Å². The molecule has 0 aliphatic rings. The van der Waals surface area contributed by atoms with Gasteiger partial charge in [0.25, 0.3) is 5.91 Å². The second kappa shape index (κ2) is 8.48. The van der Waals surface area contributed by atoms with E-state index in [1.807, 2.05) is 0 Å². The number of anilines is 1. The van der Waals surface area contributed by atoms with Gasteiger partial charge in [-0.2, -0.15) is 4.68 Å². The van der Waals surface area contributed by atoms with Crippen LogP contribution in [0.3, 0.4) is 0 Å². The van der Waals surface area contributed by atoms with E-state index in [0.717, 1.165) is 35.2 Å². The van der Waals surface area contributed by atoms with Crippen LogP contribution in [0.15, 0.2) is 40.9 Å². The van der Waals surface area contributed by atoms with Crippen molar-refractivity contribution >= 4 is 39.9 Å². The summed E-state index contributed by atoms with van der Waals surface area (Å²) in [4.78, 5) is 23.4. The number of tetrazole rings is 1. The van der Waals surface area contributed by atoms with Gasteiger partial charge in [0.05, 0.1) is 17.0 Å². The Bertz CT molecular complexity index is 1020. The first-order chi connectivity index (χ1) is 13.7. The fraction of sp³-hybridized carbons (Fsp3) is 0.133. The van der Waals surface area contributed by atoms with Crippen molar-refractivity contribution < 1.29 is 27.5 Å². The lowest BCUT2D eigenvalue weighted by Gasteiger charge is -2.09. The highest BCUT2D eigenvalue weighted by atomic mass is 32.2. The van der Waals surface area contributed by atoms with Crippen LogP contribution in [0.1, 0.15) is 10.4 Å².